The van der Waals surface area contributed by atoms with Gasteiger partial charge in [-0.15, -0.1) is 0 Å². The first kappa shape index (κ1) is 25.9. The van der Waals surface area contributed by atoms with Crippen LogP contribution in [0.15, 0.2) is 53.0 Å². The first-order valence-corrected chi connectivity index (χ1v) is 13.0. The third-order valence-corrected chi connectivity index (χ3v) is 7.56. The average Bonchev–Trinajstić information content (AvgIpc) is 2.79. The van der Waals surface area contributed by atoms with Gasteiger partial charge >= 0.3 is 11.9 Å². The smallest absolute Gasteiger partial charge is 0.338 e. The van der Waals surface area contributed by atoms with Gasteiger partial charge in [0.25, 0.3) is 0 Å². The minimum absolute atomic E-state index is 0.00682. The molecule has 2 aromatic carbocycles. The van der Waals surface area contributed by atoms with Gasteiger partial charge in [-0.1, -0.05) is 56.5 Å². The van der Waals surface area contributed by atoms with E-state index in [9.17, 15) is 9.59 Å². The van der Waals surface area contributed by atoms with Gasteiger partial charge in [0, 0.05) is 15.7 Å². The standard InChI is InChI=1S/C26H30Br2O5/c1-4-21(28)22-13-14-23(32-25(29)19-9-11-20(27)12-10-19)24(15-17(3)31-22)33-26(30)18-7-5-16(2)6-8-18/h5-12,17,21-24H,4,13-15H2,1-3H3/t17-,21+,22-,23+,24-/m0/s1. The molecule has 5 atom stereocenters. The molecule has 0 N–H and O–H groups in total. The monoisotopic (exact) mass is 580 g/mol. The summed E-state index contributed by atoms with van der Waals surface area (Å²) in [6, 6.07) is 14.3. The maximum absolute atomic E-state index is 12.9. The minimum Gasteiger partial charge on any atom is -0.455 e. The van der Waals surface area contributed by atoms with Gasteiger partial charge in [0.1, 0.15) is 12.2 Å². The number of carbonyl (C=O) groups excluding carboxylic acids is 2. The van der Waals surface area contributed by atoms with Gasteiger partial charge in [-0.3, -0.25) is 0 Å². The molecule has 0 aliphatic carbocycles. The molecule has 7 heteroatoms. The molecule has 1 fully saturated rings. The summed E-state index contributed by atoms with van der Waals surface area (Å²) in [5.74, 6) is -0.860. The topological polar surface area (TPSA) is 61.8 Å². The van der Waals surface area contributed by atoms with Crippen molar-refractivity contribution < 1.29 is 23.8 Å². The summed E-state index contributed by atoms with van der Waals surface area (Å²) in [6.45, 7) is 6.03. The highest BCUT2D eigenvalue weighted by Gasteiger charge is 2.36. The molecule has 0 unspecified atom stereocenters. The lowest BCUT2D eigenvalue weighted by atomic mass is 9.96. The van der Waals surface area contributed by atoms with E-state index >= 15 is 0 Å². The molecule has 1 saturated heterocycles. The van der Waals surface area contributed by atoms with E-state index in [1.54, 1.807) is 36.4 Å². The number of rotatable bonds is 6. The van der Waals surface area contributed by atoms with E-state index in [-0.39, 0.29) is 17.0 Å². The van der Waals surface area contributed by atoms with Crippen molar-refractivity contribution in [1.82, 2.24) is 0 Å². The predicted octanol–water partition coefficient (Wildman–Crippen LogP) is 6.64. The number of halogens is 2. The molecular formula is C26H30Br2O5. The van der Waals surface area contributed by atoms with Crippen LogP contribution in [0.5, 0.6) is 0 Å². The van der Waals surface area contributed by atoms with E-state index in [4.69, 9.17) is 14.2 Å². The maximum atomic E-state index is 12.9. The summed E-state index contributed by atoms with van der Waals surface area (Å²) >= 11 is 7.09. The Balaban J connectivity index is 1.80. The van der Waals surface area contributed by atoms with Crippen LogP contribution in [0.2, 0.25) is 0 Å². The zero-order chi connectivity index (χ0) is 24.0. The van der Waals surface area contributed by atoms with Crippen molar-refractivity contribution in [1.29, 1.82) is 0 Å². The second-order valence-corrected chi connectivity index (χ2v) is 10.6. The van der Waals surface area contributed by atoms with Crippen LogP contribution in [0.4, 0.5) is 0 Å². The molecule has 2 aromatic rings. The van der Waals surface area contributed by atoms with Crippen LogP contribution in [0.1, 0.15) is 65.8 Å². The van der Waals surface area contributed by atoms with Crippen LogP contribution in [-0.2, 0) is 14.2 Å². The number of carbonyl (C=O) groups is 2. The van der Waals surface area contributed by atoms with Crippen LogP contribution < -0.4 is 0 Å². The number of hydrogen-bond acceptors (Lipinski definition) is 5. The van der Waals surface area contributed by atoms with Gasteiger partial charge < -0.3 is 14.2 Å². The molecule has 5 nitrogen and oxygen atoms in total. The molecule has 0 amide bonds. The highest BCUT2D eigenvalue weighted by atomic mass is 79.9. The Morgan fingerprint density at radius 3 is 2.09 bits per heavy atom. The molecule has 0 radical (unpaired) electrons. The highest BCUT2D eigenvalue weighted by molar-refractivity contribution is 9.10. The predicted molar refractivity (Wildman–Crippen MR) is 135 cm³/mol. The van der Waals surface area contributed by atoms with Gasteiger partial charge in [-0.2, -0.15) is 0 Å². The number of aryl methyl sites for hydroxylation is 1. The van der Waals surface area contributed by atoms with Gasteiger partial charge in [0.15, 0.2) is 0 Å². The minimum atomic E-state index is -0.607. The summed E-state index contributed by atoms with van der Waals surface area (Å²) in [4.78, 5) is 26.0. The summed E-state index contributed by atoms with van der Waals surface area (Å²) in [7, 11) is 0. The molecule has 0 saturated carbocycles. The fourth-order valence-electron chi connectivity index (χ4n) is 3.89. The highest BCUT2D eigenvalue weighted by Crippen LogP contribution is 2.29. The van der Waals surface area contributed by atoms with E-state index in [1.165, 1.54) is 0 Å². The first-order chi connectivity index (χ1) is 15.8. The molecule has 0 aromatic heterocycles. The van der Waals surface area contributed by atoms with Crippen LogP contribution in [-0.4, -0.2) is 41.2 Å². The van der Waals surface area contributed by atoms with Crippen molar-refractivity contribution in [3.05, 3.63) is 69.7 Å². The third-order valence-electron chi connectivity index (χ3n) is 5.80. The Kier molecular flexibility index (Phi) is 9.53. The average molecular weight is 582 g/mol. The summed E-state index contributed by atoms with van der Waals surface area (Å²) < 4.78 is 19.0. The van der Waals surface area contributed by atoms with Crippen molar-refractivity contribution in [3.8, 4) is 0 Å². The van der Waals surface area contributed by atoms with E-state index in [1.807, 2.05) is 26.0 Å². The number of benzene rings is 2. The second-order valence-electron chi connectivity index (χ2n) is 8.48. The fraction of sp³-hybridized carbons (Fsp3) is 0.462. The van der Waals surface area contributed by atoms with Gasteiger partial charge in [0.05, 0.1) is 23.3 Å². The van der Waals surface area contributed by atoms with Crippen molar-refractivity contribution in [2.45, 2.75) is 75.7 Å². The van der Waals surface area contributed by atoms with Gasteiger partial charge in [-0.25, -0.2) is 9.59 Å². The van der Waals surface area contributed by atoms with Crippen LogP contribution in [0.3, 0.4) is 0 Å². The molecule has 1 aliphatic heterocycles. The molecule has 33 heavy (non-hydrogen) atoms. The Morgan fingerprint density at radius 2 is 1.52 bits per heavy atom. The van der Waals surface area contributed by atoms with Crippen LogP contribution >= 0.6 is 31.9 Å². The molecule has 178 valence electrons. The lowest BCUT2D eigenvalue weighted by Gasteiger charge is -2.35. The van der Waals surface area contributed by atoms with Crippen molar-refractivity contribution in [2.75, 3.05) is 0 Å². The summed E-state index contributed by atoms with van der Waals surface area (Å²) in [5, 5.41) is 0. The molecule has 0 bridgehead atoms. The molecule has 0 spiro atoms. The van der Waals surface area contributed by atoms with Crippen molar-refractivity contribution in [3.63, 3.8) is 0 Å². The SMILES string of the molecule is CC[C@@H](Br)[C@@H]1CC[C@@H](OC(=O)c2ccc(Br)cc2)[C@@H](OC(=O)c2ccc(C)cc2)C[C@H](C)O1. The summed E-state index contributed by atoms with van der Waals surface area (Å²) in [6.07, 6.45) is 1.24. The van der Waals surface area contributed by atoms with Crippen molar-refractivity contribution in [2.24, 2.45) is 0 Å². The molecular weight excluding hydrogens is 552 g/mol. The first-order valence-electron chi connectivity index (χ1n) is 11.3. The normalized spacial score (nSPS) is 24.3. The van der Waals surface area contributed by atoms with Crippen molar-refractivity contribution >= 4 is 43.8 Å². The van der Waals surface area contributed by atoms with E-state index in [0.717, 1.165) is 16.5 Å². The number of hydrogen-bond donors (Lipinski definition) is 0. The lowest BCUT2D eigenvalue weighted by molar-refractivity contribution is -0.0954. The quantitative estimate of drug-likeness (QED) is 0.283. The third kappa shape index (κ3) is 7.39. The molecule has 1 heterocycles. The summed E-state index contributed by atoms with van der Waals surface area (Å²) in [5.41, 5.74) is 1.99. The maximum Gasteiger partial charge on any atom is 0.338 e. The Bertz CT molecular complexity index is 929. The van der Waals surface area contributed by atoms with Crippen LogP contribution in [0, 0.1) is 6.92 Å². The van der Waals surface area contributed by atoms with Gasteiger partial charge in [-0.05, 0) is 69.5 Å². The zero-order valence-electron chi connectivity index (χ0n) is 19.1. The Labute approximate surface area is 212 Å². The number of alkyl halides is 1. The fourth-order valence-corrected chi connectivity index (χ4v) is 4.54. The largest absolute Gasteiger partial charge is 0.455 e. The second kappa shape index (κ2) is 12.1. The van der Waals surface area contributed by atoms with E-state index < -0.39 is 24.1 Å². The lowest BCUT2D eigenvalue weighted by Crippen LogP contribution is -2.42. The van der Waals surface area contributed by atoms with Gasteiger partial charge in [0.2, 0.25) is 0 Å². The van der Waals surface area contributed by atoms with E-state index in [2.05, 4.69) is 38.8 Å². The molecule has 1 aliphatic rings. The number of esters is 2. The van der Waals surface area contributed by atoms with Crippen LogP contribution in [0.25, 0.3) is 0 Å². The number of ether oxygens (including phenoxy) is 3. The molecule has 3 rings (SSSR count). The Morgan fingerprint density at radius 1 is 0.970 bits per heavy atom. The van der Waals surface area contributed by atoms with E-state index in [0.29, 0.717) is 30.4 Å². The Hall–Kier alpha value is -1.70. The zero-order valence-corrected chi connectivity index (χ0v) is 22.3.